The topological polar surface area (TPSA) is 30.9 Å². The molecule has 1 aliphatic heterocycles. The number of likely N-dealkylation sites (tertiary alicyclic amines) is 1. The fraction of sp³-hybridized carbons (Fsp3) is 0.571. The Morgan fingerprint density at radius 3 is 2.85 bits per heavy atom. The van der Waals surface area contributed by atoms with Gasteiger partial charge in [-0.05, 0) is 43.7 Å². The van der Waals surface area contributed by atoms with E-state index in [1.807, 2.05) is 13.1 Å². The van der Waals surface area contributed by atoms with Crippen molar-refractivity contribution in [1.82, 2.24) is 15.1 Å². The Labute approximate surface area is 176 Å². The van der Waals surface area contributed by atoms with Crippen LogP contribution in [0.15, 0.2) is 48.0 Å². The Morgan fingerprint density at radius 1 is 1.38 bits per heavy atom. The van der Waals surface area contributed by atoms with E-state index in [4.69, 9.17) is 0 Å². The lowest BCUT2D eigenvalue weighted by Gasteiger charge is -2.23. The Hall–Kier alpha value is -1.08. The van der Waals surface area contributed by atoms with E-state index in [0.717, 1.165) is 44.9 Å². The standard InChI is InChI=1S/C21H34N4.HI/c1-4-5-9-14-24(3)21(22-2)23-17-20-13-16-25(18-20)15-12-19-10-7-6-8-11-19;/h4,6-8,10-11,20H,1,5,9,12-18H2,2-3H3,(H,22,23);1H. The van der Waals surface area contributed by atoms with Gasteiger partial charge < -0.3 is 15.1 Å². The Balaban J connectivity index is 0.00000338. The number of benzene rings is 1. The monoisotopic (exact) mass is 470 g/mol. The van der Waals surface area contributed by atoms with Crippen LogP contribution in [0.1, 0.15) is 24.8 Å². The average Bonchev–Trinajstić information content (AvgIpc) is 3.09. The molecule has 1 N–H and O–H groups in total. The molecule has 1 aromatic rings. The van der Waals surface area contributed by atoms with E-state index in [2.05, 4.69) is 64.1 Å². The summed E-state index contributed by atoms with van der Waals surface area (Å²) in [5.74, 6) is 1.72. The van der Waals surface area contributed by atoms with Crippen LogP contribution in [0.5, 0.6) is 0 Å². The number of guanidine groups is 1. The highest BCUT2D eigenvalue weighted by Gasteiger charge is 2.22. The number of unbranched alkanes of at least 4 members (excludes halogenated alkanes) is 1. The molecule has 26 heavy (non-hydrogen) atoms. The van der Waals surface area contributed by atoms with Crippen molar-refractivity contribution in [3.05, 3.63) is 48.6 Å². The fourth-order valence-corrected chi connectivity index (χ4v) is 3.41. The Kier molecular flexibility index (Phi) is 11.6. The van der Waals surface area contributed by atoms with E-state index in [1.54, 1.807) is 0 Å². The molecule has 0 spiro atoms. The molecule has 146 valence electrons. The third-order valence-corrected chi connectivity index (χ3v) is 4.95. The molecule has 0 bridgehead atoms. The third-order valence-electron chi connectivity index (χ3n) is 4.95. The van der Waals surface area contributed by atoms with Crippen LogP contribution in [-0.2, 0) is 6.42 Å². The summed E-state index contributed by atoms with van der Waals surface area (Å²) < 4.78 is 0. The van der Waals surface area contributed by atoms with Gasteiger partial charge in [0.2, 0.25) is 0 Å². The molecule has 0 amide bonds. The molecule has 0 aliphatic carbocycles. The van der Waals surface area contributed by atoms with Crippen LogP contribution in [-0.4, -0.2) is 62.6 Å². The van der Waals surface area contributed by atoms with Crippen LogP contribution in [0.2, 0.25) is 0 Å². The highest BCUT2D eigenvalue weighted by atomic mass is 127. The van der Waals surface area contributed by atoms with Gasteiger partial charge in [-0.3, -0.25) is 4.99 Å². The summed E-state index contributed by atoms with van der Waals surface area (Å²) in [4.78, 5) is 9.22. The van der Waals surface area contributed by atoms with Crippen LogP contribution in [0.3, 0.4) is 0 Å². The zero-order chi connectivity index (χ0) is 17.9. The first kappa shape index (κ1) is 23.0. The fourth-order valence-electron chi connectivity index (χ4n) is 3.41. The van der Waals surface area contributed by atoms with E-state index in [0.29, 0.717) is 5.92 Å². The number of hydrogen-bond donors (Lipinski definition) is 1. The molecule has 1 atom stereocenters. The van der Waals surface area contributed by atoms with E-state index in [-0.39, 0.29) is 24.0 Å². The summed E-state index contributed by atoms with van der Waals surface area (Å²) in [5, 5.41) is 3.56. The van der Waals surface area contributed by atoms with Crippen molar-refractivity contribution in [3.8, 4) is 0 Å². The van der Waals surface area contributed by atoms with Crippen molar-refractivity contribution >= 4 is 29.9 Å². The van der Waals surface area contributed by atoms with Crippen molar-refractivity contribution in [1.29, 1.82) is 0 Å². The van der Waals surface area contributed by atoms with Crippen LogP contribution in [0.25, 0.3) is 0 Å². The summed E-state index contributed by atoms with van der Waals surface area (Å²) in [6.45, 7) is 9.38. The maximum Gasteiger partial charge on any atom is 0.193 e. The van der Waals surface area contributed by atoms with Gasteiger partial charge in [-0.25, -0.2) is 0 Å². The van der Waals surface area contributed by atoms with E-state index in [9.17, 15) is 0 Å². The minimum absolute atomic E-state index is 0. The molecule has 0 saturated carbocycles. The lowest BCUT2D eigenvalue weighted by Crippen LogP contribution is -2.41. The van der Waals surface area contributed by atoms with Gasteiger partial charge in [0, 0.05) is 40.3 Å². The van der Waals surface area contributed by atoms with Crippen molar-refractivity contribution in [2.75, 3.05) is 46.8 Å². The molecule has 1 unspecified atom stereocenters. The predicted octanol–water partition coefficient (Wildman–Crippen LogP) is 3.64. The van der Waals surface area contributed by atoms with Crippen LogP contribution in [0, 0.1) is 5.92 Å². The zero-order valence-electron chi connectivity index (χ0n) is 16.4. The Bertz CT molecular complexity index is 532. The van der Waals surface area contributed by atoms with Crippen LogP contribution >= 0.6 is 24.0 Å². The lowest BCUT2D eigenvalue weighted by molar-refractivity contribution is 0.327. The average molecular weight is 470 g/mol. The summed E-state index contributed by atoms with van der Waals surface area (Å²) in [6.07, 6.45) is 6.58. The number of aliphatic imine (C=N–C) groups is 1. The first-order chi connectivity index (χ1) is 12.2. The first-order valence-corrected chi connectivity index (χ1v) is 9.52. The molecule has 1 fully saturated rings. The van der Waals surface area contributed by atoms with Gasteiger partial charge in [0.1, 0.15) is 0 Å². The van der Waals surface area contributed by atoms with Gasteiger partial charge in [0.05, 0.1) is 0 Å². The lowest BCUT2D eigenvalue weighted by atomic mass is 10.1. The summed E-state index contributed by atoms with van der Waals surface area (Å²) in [6, 6.07) is 10.8. The zero-order valence-corrected chi connectivity index (χ0v) is 18.7. The van der Waals surface area contributed by atoms with E-state index >= 15 is 0 Å². The second-order valence-corrected chi connectivity index (χ2v) is 6.97. The number of halogens is 1. The molecule has 1 aromatic carbocycles. The van der Waals surface area contributed by atoms with Gasteiger partial charge in [0.15, 0.2) is 5.96 Å². The number of nitrogens with zero attached hydrogens (tertiary/aromatic N) is 3. The highest BCUT2D eigenvalue weighted by Crippen LogP contribution is 2.16. The summed E-state index contributed by atoms with van der Waals surface area (Å²) >= 11 is 0. The molecule has 1 aliphatic rings. The van der Waals surface area contributed by atoms with Crippen molar-refractivity contribution in [2.24, 2.45) is 10.9 Å². The second-order valence-electron chi connectivity index (χ2n) is 6.97. The van der Waals surface area contributed by atoms with Crippen LogP contribution < -0.4 is 5.32 Å². The largest absolute Gasteiger partial charge is 0.356 e. The minimum Gasteiger partial charge on any atom is -0.356 e. The van der Waals surface area contributed by atoms with Gasteiger partial charge >= 0.3 is 0 Å². The molecule has 1 heterocycles. The van der Waals surface area contributed by atoms with Gasteiger partial charge in [-0.15, -0.1) is 30.6 Å². The molecular formula is C21H35IN4. The molecule has 4 nitrogen and oxygen atoms in total. The van der Waals surface area contributed by atoms with Gasteiger partial charge in [-0.1, -0.05) is 36.4 Å². The molecule has 5 heteroatoms. The SMILES string of the molecule is C=CCCCN(C)C(=NC)NCC1CCN(CCc2ccccc2)C1.I. The van der Waals surface area contributed by atoms with E-state index < -0.39 is 0 Å². The molecule has 0 radical (unpaired) electrons. The van der Waals surface area contributed by atoms with Crippen LogP contribution in [0.4, 0.5) is 0 Å². The Morgan fingerprint density at radius 2 is 2.15 bits per heavy atom. The van der Waals surface area contributed by atoms with Crippen molar-refractivity contribution in [2.45, 2.75) is 25.7 Å². The van der Waals surface area contributed by atoms with Gasteiger partial charge in [-0.2, -0.15) is 0 Å². The highest BCUT2D eigenvalue weighted by molar-refractivity contribution is 14.0. The molecular weight excluding hydrogens is 435 g/mol. The smallest absolute Gasteiger partial charge is 0.193 e. The predicted molar refractivity (Wildman–Crippen MR) is 124 cm³/mol. The minimum atomic E-state index is 0. The normalized spacial score (nSPS) is 17.6. The van der Waals surface area contributed by atoms with Gasteiger partial charge in [0.25, 0.3) is 0 Å². The van der Waals surface area contributed by atoms with Crippen molar-refractivity contribution in [3.63, 3.8) is 0 Å². The summed E-state index contributed by atoms with van der Waals surface area (Å²) in [7, 11) is 3.98. The number of rotatable bonds is 9. The third kappa shape index (κ3) is 8.08. The molecule has 0 aromatic heterocycles. The maximum absolute atomic E-state index is 4.41. The second kappa shape index (κ2) is 13.1. The number of hydrogen-bond acceptors (Lipinski definition) is 2. The number of allylic oxidation sites excluding steroid dienone is 1. The maximum atomic E-state index is 4.41. The summed E-state index contributed by atoms with van der Waals surface area (Å²) in [5.41, 5.74) is 1.44. The first-order valence-electron chi connectivity index (χ1n) is 9.52. The molecule has 2 rings (SSSR count). The number of nitrogens with one attached hydrogen (secondary N) is 1. The van der Waals surface area contributed by atoms with Crippen molar-refractivity contribution < 1.29 is 0 Å². The molecule has 1 saturated heterocycles. The van der Waals surface area contributed by atoms with E-state index in [1.165, 1.54) is 25.1 Å². The quantitative estimate of drug-likeness (QED) is 0.197.